The molecular formula is C14H30N2. The fourth-order valence-electron chi connectivity index (χ4n) is 2.57. The lowest BCUT2D eigenvalue weighted by molar-refractivity contribution is 0.253. The van der Waals surface area contributed by atoms with Crippen molar-refractivity contribution in [2.45, 2.75) is 65.3 Å². The molecular weight excluding hydrogens is 196 g/mol. The first-order valence-corrected chi connectivity index (χ1v) is 7.01. The van der Waals surface area contributed by atoms with E-state index in [9.17, 15) is 0 Å². The molecule has 2 heteroatoms. The van der Waals surface area contributed by atoms with E-state index >= 15 is 0 Å². The molecule has 0 bridgehead atoms. The minimum absolute atomic E-state index is 0.418. The number of nitrogens with zero attached hydrogens (tertiary/aromatic N) is 1. The predicted octanol–water partition coefficient (Wildman–Crippen LogP) is 3.02. The van der Waals surface area contributed by atoms with Crippen LogP contribution in [0.5, 0.6) is 0 Å². The van der Waals surface area contributed by atoms with Gasteiger partial charge in [-0.15, -0.1) is 0 Å². The van der Waals surface area contributed by atoms with E-state index in [-0.39, 0.29) is 0 Å². The van der Waals surface area contributed by atoms with Crippen LogP contribution in [0.2, 0.25) is 0 Å². The van der Waals surface area contributed by atoms with Crippen molar-refractivity contribution >= 4 is 0 Å². The number of likely N-dealkylation sites (tertiary alicyclic amines) is 1. The molecule has 0 spiro atoms. The second kappa shape index (κ2) is 6.61. The van der Waals surface area contributed by atoms with Gasteiger partial charge in [-0.25, -0.2) is 0 Å². The van der Waals surface area contributed by atoms with E-state index in [0.29, 0.717) is 11.5 Å². The molecule has 96 valence electrons. The summed E-state index contributed by atoms with van der Waals surface area (Å²) in [5.74, 6) is 0. The highest BCUT2D eigenvalue weighted by molar-refractivity contribution is 4.76. The lowest BCUT2D eigenvalue weighted by Gasteiger charge is -2.24. The van der Waals surface area contributed by atoms with Crippen LogP contribution >= 0.6 is 0 Å². The number of hydrogen-bond donors (Lipinski definition) is 1. The van der Waals surface area contributed by atoms with E-state index in [1.165, 1.54) is 58.2 Å². The summed E-state index contributed by atoms with van der Waals surface area (Å²) in [5.41, 5.74) is 6.62. The third-order valence-corrected chi connectivity index (χ3v) is 3.91. The summed E-state index contributed by atoms with van der Waals surface area (Å²) >= 11 is 0. The molecule has 0 aromatic rings. The molecule has 1 atom stereocenters. The summed E-state index contributed by atoms with van der Waals surface area (Å²) in [6.07, 6.45) is 7.65. The summed E-state index contributed by atoms with van der Waals surface area (Å²) < 4.78 is 0. The SMILES string of the molecule is CCCC(N)CCN1CCCC(C)(C)CC1. The highest BCUT2D eigenvalue weighted by Gasteiger charge is 2.22. The van der Waals surface area contributed by atoms with Crippen molar-refractivity contribution in [3.8, 4) is 0 Å². The monoisotopic (exact) mass is 226 g/mol. The van der Waals surface area contributed by atoms with Gasteiger partial charge in [-0.2, -0.15) is 0 Å². The van der Waals surface area contributed by atoms with Gasteiger partial charge < -0.3 is 10.6 Å². The van der Waals surface area contributed by atoms with Crippen molar-refractivity contribution in [3.05, 3.63) is 0 Å². The van der Waals surface area contributed by atoms with Gasteiger partial charge in [0.15, 0.2) is 0 Å². The Morgan fingerprint density at radius 1 is 1.19 bits per heavy atom. The van der Waals surface area contributed by atoms with Crippen molar-refractivity contribution < 1.29 is 0 Å². The predicted molar refractivity (Wildman–Crippen MR) is 71.6 cm³/mol. The Bertz CT molecular complexity index is 189. The minimum Gasteiger partial charge on any atom is -0.328 e. The molecule has 0 amide bonds. The molecule has 0 saturated carbocycles. The summed E-state index contributed by atoms with van der Waals surface area (Å²) in [6.45, 7) is 10.8. The molecule has 1 heterocycles. The molecule has 1 saturated heterocycles. The van der Waals surface area contributed by atoms with Crippen LogP contribution in [-0.2, 0) is 0 Å². The Kier molecular flexibility index (Phi) is 5.77. The first-order chi connectivity index (χ1) is 7.53. The van der Waals surface area contributed by atoms with Gasteiger partial charge in [-0.05, 0) is 57.2 Å². The molecule has 1 aliphatic rings. The normalized spacial score (nSPS) is 24.0. The zero-order chi connectivity index (χ0) is 12.0. The lowest BCUT2D eigenvalue weighted by Crippen LogP contribution is -2.31. The zero-order valence-electron chi connectivity index (χ0n) is 11.5. The van der Waals surface area contributed by atoms with Crippen molar-refractivity contribution in [2.24, 2.45) is 11.1 Å². The quantitative estimate of drug-likeness (QED) is 0.781. The van der Waals surface area contributed by atoms with E-state index in [0.717, 1.165) is 0 Å². The maximum Gasteiger partial charge on any atom is 0.00509 e. The molecule has 0 radical (unpaired) electrons. The maximum absolute atomic E-state index is 6.07. The van der Waals surface area contributed by atoms with Crippen molar-refractivity contribution in [2.75, 3.05) is 19.6 Å². The fraction of sp³-hybridized carbons (Fsp3) is 1.00. The first-order valence-electron chi connectivity index (χ1n) is 7.01. The molecule has 2 N–H and O–H groups in total. The topological polar surface area (TPSA) is 29.3 Å². The van der Waals surface area contributed by atoms with E-state index in [1.54, 1.807) is 0 Å². The van der Waals surface area contributed by atoms with Crippen LogP contribution in [0.4, 0.5) is 0 Å². The lowest BCUT2D eigenvalue weighted by atomic mass is 9.85. The molecule has 2 nitrogen and oxygen atoms in total. The Labute approximate surface area is 102 Å². The van der Waals surface area contributed by atoms with Crippen LogP contribution in [0.15, 0.2) is 0 Å². The highest BCUT2D eigenvalue weighted by Crippen LogP contribution is 2.29. The van der Waals surface area contributed by atoms with Gasteiger partial charge in [0, 0.05) is 6.04 Å². The summed E-state index contributed by atoms with van der Waals surface area (Å²) in [6, 6.07) is 0.418. The molecule has 0 aliphatic carbocycles. The number of nitrogens with two attached hydrogens (primary N) is 1. The second-order valence-corrected chi connectivity index (χ2v) is 6.20. The van der Waals surface area contributed by atoms with Gasteiger partial charge >= 0.3 is 0 Å². The summed E-state index contributed by atoms with van der Waals surface area (Å²) in [7, 11) is 0. The van der Waals surface area contributed by atoms with Crippen LogP contribution in [0, 0.1) is 5.41 Å². The average Bonchev–Trinajstić information content (AvgIpc) is 2.37. The third-order valence-electron chi connectivity index (χ3n) is 3.91. The van der Waals surface area contributed by atoms with Gasteiger partial charge in [0.05, 0.1) is 0 Å². The molecule has 0 aromatic carbocycles. The van der Waals surface area contributed by atoms with Crippen LogP contribution in [0.3, 0.4) is 0 Å². The van der Waals surface area contributed by atoms with E-state index in [4.69, 9.17) is 5.73 Å². The van der Waals surface area contributed by atoms with Crippen LogP contribution in [0.1, 0.15) is 59.3 Å². The zero-order valence-corrected chi connectivity index (χ0v) is 11.5. The van der Waals surface area contributed by atoms with E-state index in [1.807, 2.05) is 0 Å². The first kappa shape index (κ1) is 14.0. The molecule has 1 rings (SSSR count). The largest absolute Gasteiger partial charge is 0.328 e. The number of hydrogen-bond acceptors (Lipinski definition) is 2. The number of rotatable bonds is 5. The molecule has 1 fully saturated rings. The van der Waals surface area contributed by atoms with Gasteiger partial charge in [-0.3, -0.25) is 0 Å². The van der Waals surface area contributed by atoms with Crippen molar-refractivity contribution in [1.82, 2.24) is 4.90 Å². The van der Waals surface area contributed by atoms with Gasteiger partial charge in [-0.1, -0.05) is 27.2 Å². The van der Waals surface area contributed by atoms with E-state index < -0.39 is 0 Å². The highest BCUT2D eigenvalue weighted by atomic mass is 15.1. The van der Waals surface area contributed by atoms with Crippen LogP contribution in [0.25, 0.3) is 0 Å². The molecule has 16 heavy (non-hydrogen) atoms. The molecule has 1 aliphatic heterocycles. The standard InChI is InChI=1S/C14H30N2/c1-4-6-13(15)7-11-16-10-5-8-14(2,3)9-12-16/h13H,4-12,15H2,1-3H3. The fourth-order valence-corrected chi connectivity index (χ4v) is 2.57. The Hall–Kier alpha value is -0.0800. The molecule has 1 unspecified atom stereocenters. The second-order valence-electron chi connectivity index (χ2n) is 6.20. The van der Waals surface area contributed by atoms with Gasteiger partial charge in [0.2, 0.25) is 0 Å². The Balaban J connectivity index is 2.22. The van der Waals surface area contributed by atoms with Gasteiger partial charge in [0.1, 0.15) is 0 Å². The van der Waals surface area contributed by atoms with Gasteiger partial charge in [0.25, 0.3) is 0 Å². The van der Waals surface area contributed by atoms with E-state index in [2.05, 4.69) is 25.7 Å². The maximum atomic E-state index is 6.07. The van der Waals surface area contributed by atoms with Crippen molar-refractivity contribution in [3.63, 3.8) is 0 Å². The van der Waals surface area contributed by atoms with Crippen LogP contribution < -0.4 is 5.73 Å². The minimum atomic E-state index is 0.418. The van der Waals surface area contributed by atoms with Crippen LogP contribution in [-0.4, -0.2) is 30.6 Å². The summed E-state index contributed by atoms with van der Waals surface area (Å²) in [5, 5.41) is 0. The third kappa shape index (κ3) is 5.31. The molecule has 0 aromatic heterocycles. The Morgan fingerprint density at radius 3 is 2.62 bits per heavy atom. The Morgan fingerprint density at radius 2 is 1.94 bits per heavy atom. The van der Waals surface area contributed by atoms with Crippen molar-refractivity contribution in [1.29, 1.82) is 0 Å². The summed E-state index contributed by atoms with van der Waals surface area (Å²) in [4.78, 5) is 2.62. The average molecular weight is 226 g/mol. The smallest absolute Gasteiger partial charge is 0.00509 e.